The molecule has 10 heteroatoms. The highest BCUT2D eigenvalue weighted by molar-refractivity contribution is 6.29. The van der Waals surface area contributed by atoms with Crippen molar-refractivity contribution >= 4 is 41.1 Å². The van der Waals surface area contributed by atoms with Gasteiger partial charge in [-0.25, -0.2) is 9.97 Å². The van der Waals surface area contributed by atoms with Crippen LogP contribution in [0.4, 0.5) is 5.82 Å². The summed E-state index contributed by atoms with van der Waals surface area (Å²) in [5.74, 6) is -2.45. The highest BCUT2D eigenvalue weighted by atomic mass is 35.5. The summed E-state index contributed by atoms with van der Waals surface area (Å²) in [5.41, 5.74) is -0.275. The molecule has 0 aliphatic rings. The van der Waals surface area contributed by atoms with Crippen molar-refractivity contribution in [2.24, 2.45) is 0 Å². The van der Waals surface area contributed by atoms with Crippen LogP contribution in [0.15, 0.2) is 6.20 Å². The SMILES string of the molecule is CC(=O)NC(=N)NC(=O)c1nc(Cl)cnc1NC(C)=O. The lowest BCUT2D eigenvalue weighted by molar-refractivity contribution is -0.117. The molecule has 0 radical (unpaired) electrons. The van der Waals surface area contributed by atoms with Crippen molar-refractivity contribution in [3.63, 3.8) is 0 Å². The molecule has 106 valence electrons. The Morgan fingerprint density at radius 3 is 2.40 bits per heavy atom. The average Bonchev–Trinajstić information content (AvgIpc) is 2.29. The molecule has 0 aliphatic carbocycles. The first-order chi connectivity index (χ1) is 9.29. The summed E-state index contributed by atoms with van der Waals surface area (Å²) in [6, 6.07) is 0. The van der Waals surface area contributed by atoms with Crippen LogP contribution in [-0.4, -0.2) is 33.6 Å². The first kappa shape index (κ1) is 15.5. The maximum absolute atomic E-state index is 11.9. The van der Waals surface area contributed by atoms with Gasteiger partial charge in [0.15, 0.2) is 11.5 Å². The predicted molar refractivity (Wildman–Crippen MR) is 70.4 cm³/mol. The maximum atomic E-state index is 11.9. The molecule has 0 saturated heterocycles. The van der Waals surface area contributed by atoms with Crippen LogP contribution in [0.2, 0.25) is 5.15 Å². The fraction of sp³-hybridized carbons (Fsp3) is 0.200. The van der Waals surface area contributed by atoms with Gasteiger partial charge in [0.1, 0.15) is 5.15 Å². The molecular formula is C10H11ClN6O3. The molecule has 0 bridgehead atoms. The Hall–Kier alpha value is -2.55. The highest BCUT2D eigenvalue weighted by Gasteiger charge is 2.18. The summed E-state index contributed by atoms with van der Waals surface area (Å²) in [4.78, 5) is 41.1. The quantitative estimate of drug-likeness (QED) is 0.446. The lowest BCUT2D eigenvalue weighted by atomic mass is 10.3. The predicted octanol–water partition coefficient (Wildman–Crippen LogP) is -0.111. The molecule has 0 unspecified atom stereocenters. The second-order valence-corrected chi connectivity index (χ2v) is 3.97. The number of aromatic nitrogens is 2. The zero-order valence-electron chi connectivity index (χ0n) is 10.6. The van der Waals surface area contributed by atoms with Gasteiger partial charge < -0.3 is 5.32 Å². The lowest BCUT2D eigenvalue weighted by Crippen LogP contribution is -2.42. The van der Waals surface area contributed by atoms with Crippen LogP contribution in [0.3, 0.4) is 0 Å². The largest absolute Gasteiger partial charge is 0.309 e. The maximum Gasteiger partial charge on any atom is 0.280 e. The fourth-order valence-electron chi connectivity index (χ4n) is 1.16. The molecule has 1 heterocycles. The van der Waals surface area contributed by atoms with E-state index in [9.17, 15) is 14.4 Å². The van der Waals surface area contributed by atoms with Crippen molar-refractivity contribution in [3.05, 3.63) is 17.0 Å². The molecule has 0 fully saturated rings. The van der Waals surface area contributed by atoms with Gasteiger partial charge in [-0.15, -0.1) is 0 Å². The lowest BCUT2D eigenvalue weighted by Gasteiger charge is -2.09. The molecule has 0 aliphatic heterocycles. The Morgan fingerprint density at radius 1 is 1.20 bits per heavy atom. The second kappa shape index (κ2) is 6.57. The van der Waals surface area contributed by atoms with Gasteiger partial charge in [-0.05, 0) is 0 Å². The number of halogens is 1. The standard InChI is InChI=1S/C10H11ClN6O3/c1-4(18)14-8-7(16-6(11)3-13-8)9(20)17-10(12)15-5(2)19/h3H,1-2H3,(H,13,14,18)(H3,12,15,17,19,20). The minimum atomic E-state index is -0.845. The van der Waals surface area contributed by atoms with Gasteiger partial charge >= 0.3 is 0 Å². The van der Waals surface area contributed by atoms with E-state index in [1.54, 1.807) is 0 Å². The van der Waals surface area contributed by atoms with E-state index in [0.717, 1.165) is 6.20 Å². The number of carbonyl (C=O) groups excluding carboxylic acids is 3. The molecule has 0 aromatic carbocycles. The van der Waals surface area contributed by atoms with Crippen LogP contribution in [0, 0.1) is 5.41 Å². The Bertz CT molecular complexity index is 588. The second-order valence-electron chi connectivity index (χ2n) is 3.58. The summed E-state index contributed by atoms with van der Waals surface area (Å²) in [6.07, 6.45) is 1.16. The first-order valence-electron chi connectivity index (χ1n) is 5.27. The van der Waals surface area contributed by atoms with E-state index in [0.29, 0.717) is 0 Å². The van der Waals surface area contributed by atoms with Crippen molar-refractivity contribution in [2.45, 2.75) is 13.8 Å². The molecular weight excluding hydrogens is 288 g/mol. The van der Waals surface area contributed by atoms with E-state index in [-0.39, 0.29) is 16.7 Å². The zero-order chi connectivity index (χ0) is 15.3. The normalized spacial score (nSPS) is 9.55. The van der Waals surface area contributed by atoms with Crippen LogP contribution in [0.25, 0.3) is 0 Å². The van der Waals surface area contributed by atoms with E-state index in [1.807, 2.05) is 0 Å². The number of anilines is 1. The molecule has 9 nitrogen and oxygen atoms in total. The summed E-state index contributed by atoms with van der Waals surface area (Å²) >= 11 is 5.63. The van der Waals surface area contributed by atoms with E-state index < -0.39 is 23.7 Å². The smallest absolute Gasteiger partial charge is 0.280 e. The molecule has 0 saturated carbocycles. The van der Waals surface area contributed by atoms with Crippen LogP contribution < -0.4 is 16.0 Å². The van der Waals surface area contributed by atoms with E-state index >= 15 is 0 Å². The number of hydrogen-bond donors (Lipinski definition) is 4. The third-order valence-corrected chi connectivity index (χ3v) is 1.97. The van der Waals surface area contributed by atoms with Crippen molar-refractivity contribution in [1.29, 1.82) is 5.41 Å². The van der Waals surface area contributed by atoms with Gasteiger partial charge in [0.05, 0.1) is 6.20 Å². The Balaban J connectivity index is 2.96. The fourth-order valence-corrected chi connectivity index (χ4v) is 1.30. The Kier molecular flexibility index (Phi) is 5.09. The first-order valence-corrected chi connectivity index (χ1v) is 5.65. The topological polar surface area (TPSA) is 137 Å². The third-order valence-electron chi connectivity index (χ3n) is 1.79. The van der Waals surface area contributed by atoms with E-state index in [2.05, 4.69) is 25.9 Å². The number of guanidine groups is 1. The minimum Gasteiger partial charge on any atom is -0.309 e. The summed E-state index contributed by atoms with van der Waals surface area (Å²) in [5, 5.41) is 13.7. The number of carbonyl (C=O) groups is 3. The van der Waals surface area contributed by atoms with Crippen LogP contribution >= 0.6 is 11.6 Å². The van der Waals surface area contributed by atoms with Gasteiger partial charge in [-0.3, -0.25) is 30.4 Å². The molecule has 20 heavy (non-hydrogen) atoms. The van der Waals surface area contributed by atoms with Gasteiger partial charge in [0.25, 0.3) is 5.91 Å². The zero-order valence-corrected chi connectivity index (χ0v) is 11.3. The van der Waals surface area contributed by atoms with Gasteiger partial charge in [-0.1, -0.05) is 11.6 Å². The van der Waals surface area contributed by atoms with Crippen LogP contribution in [0.1, 0.15) is 24.3 Å². The Morgan fingerprint density at radius 2 is 1.85 bits per heavy atom. The van der Waals surface area contributed by atoms with Gasteiger partial charge in [-0.2, -0.15) is 0 Å². The number of nitrogens with zero attached hydrogens (tertiary/aromatic N) is 2. The van der Waals surface area contributed by atoms with Gasteiger partial charge in [0.2, 0.25) is 17.8 Å². The average molecular weight is 299 g/mol. The summed E-state index contributed by atoms with van der Waals surface area (Å²) in [7, 11) is 0. The number of rotatable bonds is 2. The molecule has 4 N–H and O–H groups in total. The number of hydrogen-bond acceptors (Lipinski definition) is 6. The summed E-state index contributed by atoms with van der Waals surface area (Å²) < 4.78 is 0. The molecule has 1 rings (SSSR count). The van der Waals surface area contributed by atoms with Crippen molar-refractivity contribution in [3.8, 4) is 0 Å². The molecule has 0 atom stereocenters. The van der Waals surface area contributed by atoms with Crippen molar-refractivity contribution < 1.29 is 14.4 Å². The minimum absolute atomic E-state index is 0.0599. The van der Waals surface area contributed by atoms with Crippen molar-refractivity contribution in [1.82, 2.24) is 20.6 Å². The monoisotopic (exact) mass is 298 g/mol. The molecule has 1 aromatic heterocycles. The van der Waals surface area contributed by atoms with E-state index in [4.69, 9.17) is 17.0 Å². The highest BCUT2D eigenvalue weighted by Crippen LogP contribution is 2.13. The molecule has 0 spiro atoms. The van der Waals surface area contributed by atoms with Gasteiger partial charge in [0, 0.05) is 13.8 Å². The molecule has 1 aromatic rings. The number of nitrogens with one attached hydrogen (secondary N) is 4. The summed E-state index contributed by atoms with van der Waals surface area (Å²) in [6.45, 7) is 2.42. The number of amides is 3. The third kappa shape index (κ3) is 4.61. The van der Waals surface area contributed by atoms with Crippen LogP contribution in [0.5, 0.6) is 0 Å². The molecule has 3 amide bonds. The van der Waals surface area contributed by atoms with Crippen molar-refractivity contribution in [2.75, 3.05) is 5.32 Å². The van der Waals surface area contributed by atoms with Crippen LogP contribution in [-0.2, 0) is 9.59 Å². The van der Waals surface area contributed by atoms with E-state index in [1.165, 1.54) is 13.8 Å². The Labute approximate surface area is 118 Å².